The zero-order chi connectivity index (χ0) is 30.9. The number of H-pyrrole nitrogens is 1. The van der Waals surface area contributed by atoms with Gasteiger partial charge in [0.1, 0.15) is 5.75 Å². The van der Waals surface area contributed by atoms with E-state index in [2.05, 4.69) is 22.5 Å². The number of nitrogens with zero attached hydrogens (tertiary/aromatic N) is 1. The Morgan fingerprint density at radius 2 is 1.77 bits per heavy atom. The van der Waals surface area contributed by atoms with Crippen molar-refractivity contribution in [1.29, 1.82) is 0 Å². The van der Waals surface area contributed by atoms with Crippen LogP contribution in [0.1, 0.15) is 56.3 Å². The van der Waals surface area contributed by atoms with E-state index in [1.165, 1.54) is 6.07 Å². The van der Waals surface area contributed by atoms with Crippen LogP contribution in [0.15, 0.2) is 82.5 Å². The molecule has 1 aliphatic heterocycles. The van der Waals surface area contributed by atoms with E-state index in [1.54, 1.807) is 28.6 Å². The minimum Gasteiger partial charge on any atom is -0.491 e. The number of nitrogens with one attached hydrogen (secondary N) is 3. The Labute approximate surface area is 259 Å². The van der Waals surface area contributed by atoms with E-state index >= 15 is 0 Å². The van der Waals surface area contributed by atoms with E-state index in [0.29, 0.717) is 48.9 Å². The second kappa shape index (κ2) is 14.9. The summed E-state index contributed by atoms with van der Waals surface area (Å²) in [6.45, 7) is 4.86. The third-order valence-electron chi connectivity index (χ3n) is 7.96. The largest absolute Gasteiger partial charge is 0.491 e. The van der Waals surface area contributed by atoms with Crippen LogP contribution in [0.25, 0.3) is 10.9 Å². The lowest BCUT2D eigenvalue weighted by atomic mass is 10.0. The quantitative estimate of drug-likeness (QED) is 0.138. The van der Waals surface area contributed by atoms with Gasteiger partial charge in [-0.15, -0.1) is 0 Å². The van der Waals surface area contributed by atoms with Crippen molar-refractivity contribution in [2.45, 2.75) is 56.4 Å². The van der Waals surface area contributed by atoms with Crippen LogP contribution in [-0.4, -0.2) is 55.6 Å². The number of aromatic nitrogens is 1. The van der Waals surface area contributed by atoms with Gasteiger partial charge in [-0.3, -0.25) is 4.79 Å². The van der Waals surface area contributed by atoms with Crippen LogP contribution in [-0.2, 0) is 16.4 Å². The molecule has 5 rings (SSSR count). The van der Waals surface area contributed by atoms with Gasteiger partial charge in [0, 0.05) is 42.5 Å². The highest BCUT2D eigenvalue weighted by Crippen LogP contribution is 2.30. The maximum Gasteiger partial charge on any atom is 0.248 e. The molecule has 1 fully saturated rings. The highest BCUT2D eigenvalue weighted by Gasteiger charge is 2.26. The molecular weight excluding hydrogens is 576 g/mol. The van der Waals surface area contributed by atoms with E-state index in [-0.39, 0.29) is 5.56 Å². The highest BCUT2D eigenvalue weighted by atomic mass is 32.2. The first-order valence-electron chi connectivity index (χ1n) is 15.5. The summed E-state index contributed by atoms with van der Waals surface area (Å²) in [5, 5.41) is 18.4. The molecule has 0 aliphatic carbocycles. The lowest BCUT2D eigenvalue weighted by Gasteiger charge is -2.26. The van der Waals surface area contributed by atoms with Crippen LogP contribution in [0, 0.1) is 0 Å². The van der Waals surface area contributed by atoms with Crippen LogP contribution in [0.3, 0.4) is 0 Å². The minimum atomic E-state index is -3.49. The number of piperidine rings is 1. The average molecular weight is 619 g/mol. The van der Waals surface area contributed by atoms with Crippen LogP contribution >= 0.6 is 0 Å². The standard InChI is InChI=1S/C34H42N4O5S/c1-2-3-22-43-32-16-14-29(30-15-17-33(40)37-34(30)32)31(39)24-35-19-18-25-10-12-26(13-11-25)36-27-8-7-9-28(23-27)44(41,42)38-20-5-4-6-21-38/h7-17,23,31,35-36,39H,2-6,18-22,24H2,1H3,(H,37,40)/t31-/m0/s1. The Kier molecular flexibility index (Phi) is 10.7. The van der Waals surface area contributed by atoms with Gasteiger partial charge in [0.25, 0.3) is 0 Å². The van der Waals surface area contributed by atoms with Gasteiger partial charge in [0.05, 0.1) is 23.1 Å². The van der Waals surface area contributed by atoms with Gasteiger partial charge < -0.3 is 25.5 Å². The third kappa shape index (κ3) is 7.87. The molecule has 1 atom stereocenters. The van der Waals surface area contributed by atoms with Crippen molar-refractivity contribution < 1.29 is 18.3 Å². The molecule has 10 heteroatoms. The summed E-state index contributed by atoms with van der Waals surface area (Å²) in [7, 11) is -3.49. The van der Waals surface area contributed by atoms with Crippen molar-refractivity contribution in [3.05, 3.63) is 94.3 Å². The summed E-state index contributed by atoms with van der Waals surface area (Å²) < 4.78 is 33.6. The van der Waals surface area contributed by atoms with Gasteiger partial charge in [-0.05, 0) is 85.8 Å². The molecule has 234 valence electrons. The first-order valence-corrected chi connectivity index (χ1v) is 16.9. The zero-order valence-corrected chi connectivity index (χ0v) is 26.0. The number of sulfonamides is 1. The molecular formula is C34H42N4O5S. The molecule has 4 aromatic rings. The van der Waals surface area contributed by atoms with Crippen molar-refractivity contribution in [1.82, 2.24) is 14.6 Å². The molecule has 9 nitrogen and oxygen atoms in total. The van der Waals surface area contributed by atoms with Gasteiger partial charge >= 0.3 is 0 Å². The number of hydrogen-bond donors (Lipinski definition) is 4. The Hall–Kier alpha value is -3.70. The Balaban J connectivity index is 1.14. The fourth-order valence-electron chi connectivity index (χ4n) is 5.48. The Morgan fingerprint density at radius 3 is 2.55 bits per heavy atom. The average Bonchev–Trinajstić information content (AvgIpc) is 3.04. The van der Waals surface area contributed by atoms with E-state index in [1.807, 2.05) is 42.5 Å². The maximum absolute atomic E-state index is 13.1. The molecule has 4 N–H and O–H groups in total. The van der Waals surface area contributed by atoms with Gasteiger partial charge in [-0.25, -0.2) is 8.42 Å². The highest BCUT2D eigenvalue weighted by molar-refractivity contribution is 7.89. The number of aliphatic hydroxyl groups excluding tert-OH is 1. The summed E-state index contributed by atoms with van der Waals surface area (Å²) in [6, 6.07) is 21.9. The number of aliphatic hydroxyl groups is 1. The molecule has 1 aliphatic rings. The molecule has 3 aromatic carbocycles. The first kappa shape index (κ1) is 31.7. The van der Waals surface area contributed by atoms with Crippen molar-refractivity contribution in [3.8, 4) is 5.75 Å². The molecule has 1 saturated heterocycles. The number of unbranched alkanes of at least 4 members (excludes halogenated alkanes) is 1. The molecule has 0 saturated carbocycles. The smallest absolute Gasteiger partial charge is 0.248 e. The molecule has 44 heavy (non-hydrogen) atoms. The van der Waals surface area contributed by atoms with Crippen molar-refractivity contribution in [2.75, 3.05) is 38.1 Å². The molecule has 0 radical (unpaired) electrons. The minimum absolute atomic E-state index is 0.210. The van der Waals surface area contributed by atoms with Crippen molar-refractivity contribution in [3.63, 3.8) is 0 Å². The van der Waals surface area contributed by atoms with E-state index in [4.69, 9.17) is 4.74 Å². The van der Waals surface area contributed by atoms with E-state index < -0.39 is 16.1 Å². The van der Waals surface area contributed by atoms with Gasteiger partial charge in [-0.2, -0.15) is 4.31 Å². The van der Waals surface area contributed by atoms with Gasteiger partial charge in [0.15, 0.2) is 0 Å². The number of pyridine rings is 1. The van der Waals surface area contributed by atoms with Crippen LogP contribution in [0.4, 0.5) is 11.4 Å². The van der Waals surface area contributed by atoms with E-state index in [9.17, 15) is 18.3 Å². The maximum atomic E-state index is 13.1. The van der Waals surface area contributed by atoms with Crippen molar-refractivity contribution >= 4 is 32.3 Å². The summed E-state index contributed by atoms with van der Waals surface area (Å²) in [6.07, 6.45) is 4.84. The topological polar surface area (TPSA) is 124 Å². The summed E-state index contributed by atoms with van der Waals surface area (Å²) in [4.78, 5) is 15.2. The molecule has 2 heterocycles. The van der Waals surface area contributed by atoms with Crippen molar-refractivity contribution in [2.24, 2.45) is 0 Å². The predicted molar refractivity (Wildman–Crippen MR) is 175 cm³/mol. The van der Waals surface area contributed by atoms with Gasteiger partial charge in [-0.1, -0.05) is 44.0 Å². The number of hydrogen-bond acceptors (Lipinski definition) is 7. The second-order valence-corrected chi connectivity index (χ2v) is 13.2. The number of rotatable bonds is 14. The predicted octanol–water partition coefficient (Wildman–Crippen LogP) is 5.49. The summed E-state index contributed by atoms with van der Waals surface area (Å²) >= 11 is 0. The SMILES string of the molecule is CCCCOc1ccc([C@@H](O)CNCCc2ccc(Nc3cccc(S(=O)(=O)N4CCCCC4)c3)cc2)c2ccc(=O)[nH]c12. The molecule has 1 aromatic heterocycles. The first-order chi connectivity index (χ1) is 21.3. The zero-order valence-electron chi connectivity index (χ0n) is 25.2. The fourth-order valence-corrected chi connectivity index (χ4v) is 7.04. The van der Waals surface area contributed by atoms with Crippen LogP contribution in [0.5, 0.6) is 5.75 Å². The monoisotopic (exact) mass is 618 g/mol. The fraction of sp³-hybridized carbons (Fsp3) is 0.382. The normalized spacial score (nSPS) is 14.9. The molecule has 0 bridgehead atoms. The number of aromatic amines is 1. The lowest BCUT2D eigenvalue weighted by molar-refractivity contribution is 0.176. The second-order valence-electron chi connectivity index (χ2n) is 11.3. The lowest BCUT2D eigenvalue weighted by Crippen LogP contribution is -2.35. The molecule has 0 spiro atoms. The summed E-state index contributed by atoms with van der Waals surface area (Å²) in [5.74, 6) is 0.614. The summed E-state index contributed by atoms with van der Waals surface area (Å²) in [5.41, 5.74) is 3.86. The third-order valence-corrected chi connectivity index (χ3v) is 9.86. The number of fused-ring (bicyclic) bond motifs is 1. The van der Waals surface area contributed by atoms with E-state index in [0.717, 1.165) is 66.4 Å². The number of ether oxygens (including phenoxy) is 1. The number of benzene rings is 3. The van der Waals surface area contributed by atoms with Gasteiger partial charge in [0.2, 0.25) is 15.6 Å². The number of anilines is 2. The Morgan fingerprint density at radius 1 is 0.977 bits per heavy atom. The van der Waals surface area contributed by atoms with Crippen LogP contribution < -0.4 is 20.9 Å². The Bertz CT molecular complexity index is 1700. The molecule has 0 unspecified atom stereocenters. The van der Waals surface area contributed by atoms with Crippen LogP contribution in [0.2, 0.25) is 0 Å². The molecule has 0 amide bonds.